The molecule has 0 unspecified atom stereocenters. The minimum atomic E-state index is -1.05. The van der Waals surface area contributed by atoms with Crippen LogP contribution in [0.1, 0.15) is 64.0 Å². The fourth-order valence-electron chi connectivity index (χ4n) is 2.81. The number of hydrogen-bond acceptors (Lipinski definition) is 3. The Kier molecular flexibility index (Phi) is 9.69. The van der Waals surface area contributed by atoms with Gasteiger partial charge in [-0.25, -0.2) is 4.79 Å². The summed E-state index contributed by atoms with van der Waals surface area (Å²) in [5, 5.41) is 14.7. The first-order valence-corrected chi connectivity index (χ1v) is 9.91. The Bertz CT molecular complexity index is 647. The van der Waals surface area contributed by atoms with Crippen LogP contribution in [0.2, 0.25) is 0 Å². The molecule has 1 aromatic carbocycles. The van der Waals surface area contributed by atoms with Crippen molar-refractivity contribution in [3.63, 3.8) is 0 Å². The van der Waals surface area contributed by atoms with E-state index in [0.29, 0.717) is 19.4 Å². The fraction of sp³-hybridized carbons (Fsp3) is 0.591. The van der Waals surface area contributed by atoms with E-state index in [-0.39, 0.29) is 30.1 Å². The zero-order valence-electron chi connectivity index (χ0n) is 17.5. The number of hydrogen-bond donors (Lipinski definition) is 3. The number of aryl methyl sites for hydroxylation is 2. The summed E-state index contributed by atoms with van der Waals surface area (Å²) < 4.78 is 0. The Morgan fingerprint density at radius 2 is 1.68 bits per heavy atom. The Hall–Kier alpha value is -2.37. The van der Waals surface area contributed by atoms with Crippen LogP contribution in [0.3, 0.4) is 0 Å². The molecule has 0 aliphatic carbocycles. The van der Waals surface area contributed by atoms with Crippen molar-refractivity contribution in [1.82, 2.24) is 10.6 Å². The number of rotatable bonds is 11. The highest BCUT2D eigenvalue weighted by atomic mass is 16.4. The molecule has 0 fully saturated rings. The number of nitrogens with one attached hydrogen (secondary N) is 2. The van der Waals surface area contributed by atoms with Crippen LogP contribution in [0, 0.1) is 12.3 Å². The second-order valence-electron chi connectivity index (χ2n) is 8.53. The van der Waals surface area contributed by atoms with Gasteiger partial charge in [-0.15, -0.1) is 0 Å². The fourth-order valence-corrected chi connectivity index (χ4v) is 2.81. The lowest BCUT2D eigenvalue weighted by molar-refractivity contribution is -0.142. The van der Waals surface area contributed by atoms with Gasteiger partial charge in [0.2, 0.25) is 11.8 Å². The maximum atomic E-state index is 11.9. The molecule has 2 amide bonds. The lowest BCUT2D eigenvalue weighted by Gasteiger charge is -2.20. The van der Waals surface area contributed by atoms with Crippen LogP contribution in [0.25, 0.3) is 0 Å². The van der Waals surface area contributed by atoms with Gasteiger partial charge in [0.15, 0.2) is 0 Å². The second-order valence-corrected chi connectivity index (χ2v) is 8.53. The van der Waals surface area contributed by atoms with Crippen LogP contribution in [0.5, 0.6) is 0 Å². The molecule has 0 spiro atoms. The minimum absolute atomic E-state index is 0.0317. The molecule has 156 valence electrons. The van der Waals surface area contributed by atoms with E-state index in [1.165, 1.54) is 11.1 Å². The molecular weight excluding hydrogens is 356 g/mol. The van der Waals surface area contributed by atoms with Gasteiger partial charge in [-0.1, -0.05) is 50.6 Å². The van der Waals surface area contributed by atoms with Crippen molar-refractivity contribution >= 4 is 17.8 Å². The first-order valence-electron chi connectivity index (χ1n) is 9.91. The van der Waals surface area contributed by atoms with Crippen LogP contribution in [0.15, 0.2) is 24.3 Å². The summed E-state index contributed by atoms with van der Waals surface area (Å²) in [7, 11) is 0. The number of carboxylic acids is 1. The maximum absolute atomic E-state index is 11.9. The molecular formula is C22H34N2O4. The zero-order chi connectivity index (χ0) is 21.2. The molecule has 0 bridgehead atoms. The van der Waals surface area contributed by atoms with Gasteiger partial charge in [-0.2, -0.15) is 0 Å². The van der Waals surface area contributed by atoms with E-state index in [9.17, 15) is 19.5 Å². The lowest BCUT2D eigenvalue weighted by atomic mass is 9.92. The monoisotopic (exact) mass is 390 g/mol. The largest absolute Gasteiger partial charge is 0.480 e. The average molecular weight is 391 g/mol. The SMILES string of the molecule is Cc1ccc(CCCC(=O)NCCC[C@H](NC(=O)CC(C)(C)C)C(=O)O)cc1. The number of benzene rings is 1. The van der Waals surface area contributed by atoms with Gasteiger partial charge in [0.25, 0.3) is 0 Å². The predicted molar refractivity (Wildman–Crippen MR) is 110 cm³/mol. The molecule has 3 N–H and O–H groups in total. The summed E-state index contributed by atoms with van der Waals surface area (Å²) in [4.78, 5) is 35.2. The van der Waals surface area contributed by atoms with E-state index in [4.69, 9.17) is 0 Å². The van der Waals surface area contributed by atoms with Gasteiger partial charge >= 0.3 is 5.97 Å². The third-order valence-electron chi connectivity index (χ3n) is 4.31. The molecule has 6 heteroatoms. The van der Waals surface area contributed by atoms with Crippen molar-refractivity contribution < 1.29 is 19.5 Å². The molecule has 0 heterocycles. The molecule has 28 heavy (non-hydrogen) atoms. The average Bonchev–Trinajstić information content (AvgIpc) is 2.57. The predicted octanol–water partition coefficient (Wildman–Crippen LogP) is 3.22. The first-order chi connectivity index (χ1) is 13.1. The molecule has 1 rings (SSSR count). The molecule has 0 saturated heterocycles. The third kappa shape index (κ3) is 10.7. The van der Waals surface area contributed by atoms with Crippen LogP contribution >= 0.6 is 0 Å². The van der Waals surface area contributed by atoms with Crippen LogP contribution in [-0.4, -0.2) is 35.5 Å². The Labute approximate surface area is 168 Å². The molecule has 0 aliphatic heterocycles. The molecule has 0 radical (unpaired) electrons. The van der Waals surface area contributed by atoms with Crippen molar-refractivity contribution in [3.8, 4) is 0 Å². The smallest absolute Gasteiger partial charge is 0.326 e. The van der Waals surface area contributed by atoms with Gasteiger partial charge < -0.3 is 15.7 Å². The van der Waals surface area contributed by atoms with E-state index in [0.717, 1.165) is 12.8 Å². The van der Waals surface area contributed by atoms with E-state index >= 15 is 0 Å². The first kappa shape index (κ1) is 23.7. The summed E-state index contributed by atoms with van der Waals surface area (Å²) in [5.41, 5.74) is 2.24. The van der Waals surface area contributed by atoms with Gasteiger partial charge in [-0.05, 0) is 43.6 Å². The van der Waals surface area contributed by atoms with E-state index in [1.807, 2.05) is 27.7 Å². The molecule has 0 aromatic heterocycles. The normalized spacial score (nSPS) is 12.3. The van der Waals surface area contributed by atoms with Crippen molar-refractivity contribution in [3.05, 3.63) is 35.4 Å². The molecule has 0 saturated carbocycles. The summed E-state index contributed by atoms with van der Waals surface area (Å²) >= 11 is 0. The maximum Gasteiger partial charge on any atom is 0.326 e. The quantitative estimate of drug-likeness (QED) is 0.506. The van der Waals surface area contributed by atoms with Crippen LogP contribution in [-0.2, 0) is 20.8 Å². The standard InChI is InChI=1S/C22H34N2O4/c1-16-10-12-17(13-11-16)7-5-9-19(25)23-14-6-8-18(21(27)28)24-20(26)15-22(2,3)4/h10-13,18H,5-9,14-15H2,1-4H3,(H,23,25)(H,24,26)(H,27,28)/t18-/m0/s1. The van der Waals surface area contributed by atoms with Crippen molar-refractivity contribution in [2.24, 2.45) is 5.41 Å². The number of aliphatic carboxylic acids is 1. The molecule has 1 aromatic rings. The third-order valence-corrected chi connectivity index (χ3v) is 4.31. The number of carbonyl (C=O) groups excluding carboxylic acids is 2. The number of carbonyl (C=O) groups is 3. The highest BCUT2D eigenvalue weighted by Gasteiger charge is 2.22. The topological polar surface area (TPSA) is 95.5 Å². The van der Waals surface area contributed by atoms with Crippen molar-refractivity contribution in [1.29, 1.82) is 0 Å². The van der Waals surface area contributed by atoms with Crippen molar-refractivity contribution in [2.45, 2.75) is 72.3 Å². The van der Waals surface area contributed by atoms with Gasteiger partial charge in [-0.3, -0.25) is 9.59 Å². The highest BCUT2D eigenvalue weighted by Crippen LogP contribution is 2.18. The molecule has 0 aliphatic rings. The Morgan fingerprint density at radius 1 is 1.04 bits per heavy atom. The number of amides is 2. The van der Waals surface area contributed by atoms with E-state index < -0.39 is 12.0 Å². The Morgan fingerprint density at radius 3 is 2.25 bits per heavy atom. The minimum Gasteiger partial charge on any atom is -0.480 e. The van der Waals surface area contributed by atoms with Gasteiger partial charge in [0.05, 0.1) is 0 Å². The van der Waals surface area contributed by atoms with Crippen LogP contribution < -0.4 is 10.6 Å². The number of carboxylic acid groups (broad SMARTS) is 1. The second kappa shape index (κ2) is 11.5. The Balaban J connectivity index is 2.23. The summed E-state index contributed by atoms with van der Waals surface area (Å²) in [6, 6.07) is 7.36. The zero-order valence-corrected chi connectivity index (χ0v) is 17.5. The van der Waals surface area contributed by atoms with Gasteiger partial charge in [0, 0.05) is 19.4 Å². The summed E-state index contributed by atoms with van der Waals surface area (Å²) in [5.74, 6) is -1.34. The lowest BCUT2D eigenvalue weighted by Crippen LogP contribution is -2.42. The highest BCUT2D eigenvalue weighted by molar-refractivity contribution is 5.83. The van der Waals surface area contributed by atoms with Gasteiger partial charge in [0.1, 0.15) is 6.04 Å². The van der Waals surface area contributed by atoms with Crippen molar-refractivity contribution in [2.75, 3.05) is 6.54 Å². The molecule has 1 atom stereocenters. The van der Waals surface area contributed by atoms with E-state index in [2.05, 4.69) is 34.9 Å². The summed E-state index contributed by atoms with van der Waals surface area (Å²) in [6.45, 7) is 8.23. The summed E-state index contributed by atoms with van der Waals surface area (Å²) in [6.07, 6.45) is 3.13. The van der Waals surface area contributed by atoms with Crippen LogP contribution in [0.4, 0.5) is 0 Å². The molecule has 6 nitrogen and oxygen atoms in total. The van der Waals surface area contributed by atoms with E-state index in [1.54, 1.807) is 0 Å².